The Hall–Kier alpha value is -3.80. The molecule has 2 aromatic rings. The highest BCUT2D eigenvalue weighted by Gasteiger charge is 2.36. The minimum atomic E-state index is -0.430. The van der Waals surface area contributed by atoms with Gasteiger partial charge in [0.05, 0.1) is 0 Å². The predicted octanol–water partition coefficient (Wildman–Crippen LogP) is 9.11. The zero-order valence-electron chi connectivity index (χ0n) is 31.0. The van der Waals surface area contributed by atoms with Crippen molar-refractivity contribution in [2.45, 2.75) is 129 Å². The van der Waals surface area contributed by atoms with Gasteiger partial charge in [-0.3, -0.25) is 19.2 Å². The van der Waals surface area contributed by atoms with Gasteiger partial charge in [0.2, 0.25) is 0 Å². The second-order valence-electron chi connectivity index (χ2n) is 15.6. The molecule has 0 radical (unpaired) electrons. The monoisotopic (exact) mass is 640 g/mol. The fourth-order valence-corrected chi connectivity index (χ4v) is 7.63. The van der Waals surface area contributed by atoms with Crippen molar-refractivity contribution in [1.29, 1.82) is 0 Å². The summed E-state index contributed by atoms with van der Waals surface area (Å²) in [6.45, 7) is 28.3. The van der Waals surface area contributed by atoms with Gasteiger partial charge in [0.15, 0.2) is 11.6 Å². The van der Waals surface area contributed by atoms with E-state index >= 15 is 0 Å². The van der Waals surface area contributed by atoms with Gasteiger partial charge in [-0.25, -0.2) is 0 Å². The number of hydrogen-bond donors (Lipinski definition) is 0. The molecule has 0 atom stereocenters. The van der Waals surface area contributed by atoms with Crippen LogP contribution < -0.4 is 9.47 Å². The summed E-state index contributed by atoms with van der Waals surface area (Å²) < 4.78 is 11.8. The lowest BCUT2D eigenvalue weighted by molar-refractivity contribution is -0.136. The fraction of sp³-hybridized carbons (Fsp3) is 0.512. The third-order valence-corrected chi connectivity index (χ3v) is 10.2. The van der Waals surface area contributed by atoms with E-state index in [-0.39, 0.29) is 54.5 Å². The van der Waals surface area contributed by atoms with Crippen LogP contribution >= 0.6 is 0 Å². The molecule has 4 rings (SSSR count). The molecule has 2 aliphatic carbocycles. The topological polar surface area (TPSA) is 86.7 Å². The van der Waals surface area contributed by atoms with E-state index in [9.17, 15) is 19.2 Å². The number of ether oxygens (including phenoxy) is 2. The third-order valence-electron chi connectivity index (χ3n) is 10.2. The first-order valence-electron chi connectivity index (χ1n) is 16.8. The van der Waals surface area contributed by atoms with Crippen LogP contribution in [-0.2, 0) is 32.0 Å². The van der Waals surface area contributed by atoms with E-state index < -0.39 is 11.9 Å². The maximum absolute atomic E-state index is 13.1. The SMILES string of the molecule is CC1=C(C(C)(C)C)c2c(C)c(C)c(OC(=O)CCCC(=O)Oc3c(C)c(C)c4c(c3C)CC(=O)C(C)=C4C(C)(C)C)c(C)c2CC1=O. The Balaban J connectivity index is 1.50. The average Bonchev–Trinajstić information content (AvgIpc) is 2.95. The van der Waals surface area contributed by atoms with Crippen LogP contribution in [0.4, 0.5) is 0 Å². The summed E-state index contributed by atoms with van der Waals surface area (Å²) in [4.78, 5) is 52.2. The lowest BCUT2D eigenvalue weighted by Gasteiger charge is -2.34. The van der Waals surface area contributed by atoms with E-state index in [0.717, 1.165) is 77.9 Å². The zero-order valence-corrected chi connectivity index (χ0v) is 31.0. The molecule has 252 valence electrons. The van der Waals surface area contributed by atoms with Gasteiger partial charge in [-0.05, 0) is 151 Å². The van der Waals surface area contributed by atoms with Crippen LogP contribution in [-0.4, -0.2) is 23.5 Å². The van der Waals surface area contributed by atoms with Gasteiger partial charge in [-0.15, -0.1) is 0 Å². The lowest BCUT2D eigenvalue weighted by atomic mass is 9.70. The molecule has 0 bridgehead atoms. The minimum Gasteiger partial charge on any atom is -0.426 e. The first kappa shape index (κ1) is 36.0. The number of fused-ring (bicyclic) bond motifs is 2. The molecular formula is C41H52O6. The molecule has 0 heterocycles. The Bertz CT molecular complexity index is 1670. The summed E-state index contributed by atoms with van der Waals surface area (Å²) in [7, 11) is 0. The van der Waals surface area contributed by atoms with Crippen molar-refractivity contribution in [1.82, 2.24) is 0 Å². The van der Waals surface area contributed by atoms with Crippen LogP contribution in [0, 0.1) is 52.4 Å². The predicted molar refractivity (Wildman–Crippen MR) is 188 cm³/mol. The minimum absolute atomic E-state index is 0.0456. The van der Waals surface area contributed by atoms with Gasteiger partial charge in [-0.1, -0.05) is 41.5 Å². The van der Waals surface area contributed by atoms with E-state index in [1.54, 1.807) is 0 Å². The van der Waals surface area contributed by atoms with Crippen molar-refractivity contribution in [3.63, 3.8) is 0 Å². The van der Waals surface area contributed by atoms with Crippen LogP contribution in [0.2, 0.25) is 0 Å². The molecule has 6 nitrogen and oxygen atoms in total. The molecule has 0 saturated heterocycles. The summed E-state index contributed by atoms with van der Waals surface area (Å²) in [6, 6.07) is 0. The fourth-order valence-electron chi connectivity index (χ4n) is 7.63. The van der Waals surface area contributed by atoms with Crippen LogP contribution in [0.15, 0.2) is 11.1 Å². The molecule has 0 aliphatic heterocycles. The summed E-state index contributed by atoms with van der Waals surface area (Å²) in [5.41, 5.74) is 12.7. The molecule has 0 spiro atoms. The molecule has 0 unspecified atom stereocenters. The highest BCUT2D eigenvalue weighted by molar-refractivity contribution is 6.09. The standard InChI is InChI=1S/C41H52O6/c1-20-22(3)38(24(5)28-18-30(42)26(7)36(34(20)28)40(9,10)11)46-32(44)16-15-17-33(45)47-39-23(4)21(2)35-29(25(39)6)19-31(43)27(8)37(35)41(12,13)14/h15-19H2,1-14H3. The number of esters is 2. The third kappa shape index (κ3) is 6.53. The van der Waals surface area contributed by atoms with E-state index in [0.29, 0.717) is 11.5 Å². The molecule has 0 saturated carbocycles. The number of rotatable bonds is 6. The van der Waals surface area contributed by atoms with Crippen LogP contribution in [0.25, 0.3) is 11.1 Å². The van der Waals surface area contributed by atoms with Gasteiger partial charge in [0, 0.05) is 25.7 Å². The second-order valence-corrected chi connectivity index (χ2v) is 15.6. The van der Waals surface area contributed by atoms with Crippen molar-refractivity contribution >= 4 is 34.7 Å². The normalized spacial score (nSPS) is 15.2. The maximum atomic E-state index is 13.1. The molecule has 0 aromatic heterocycles. The van der Waals surface area contributed by atoms with Crippen LogP contribution in [0.5, 0.6) is 11.5 Å². The van der Waals surface area contributed by atoms with Gasteiger partial charge >= 0.3 is 11.9 Å². The molecule has 0 fully saturated rings. The quantitative estimate of drug-likeness (QED) is 0.231. The summed E-state index contributed by atoms with van der Waals surface area (Å²) in [5.74, 6) is 0.326. The molecule has 2 aromatic carbocycles. The van der Waals surface area contributed by atoms with Gasteiger partial charge < -0.3 is 9.47 Å². The van der Waals surface area contributed by atoms with Gasteiger partial charge in [0.1, 0.15) is 11.5 Å². The summed E-state index contributed by atoms with van der Waals surface area (Å²) >= 11 is 0. The Morgan fingerprint density at radius 3 is 1.15 bits per heavy atom. The average molecular weight is 641 g/mol. The Morgan fingerprint density at radius 1 is 0.532 bits per heavy atom. The first-order chi connectivity index (χ1) is 21.6. The zero-order chi connectivity index (χ0) is 35.5. The van der Waals surface area contributed by atoms with Crippen LogP contribution in [0.3, 0.4) is 0 Å². The van der Waals surface area contributed by atoms with E-state index in [1.807, 2.05) is 55.4 Å². The van der Waals surface area contributed by atoms with E-state index in [4.69, 9.17) is 9.47 Å². The Kier molecular flexibility index (Phi) is 9.71. The van der Waals surface area contributed by atoms with Crippen molar-refractivity contribution in [2.75, 3.05) is 0 Å². The number of carbonyl (C=O) groups is 4. The van der Waals surface area contributed by atoms with E-state index in [1.165, 1.54) is 0 Å². The highest BCUT2D eigenvalue weighted by atomic mass is 16.5. The molecule has 2 aliphatic rings. The van der Waals surface area contributed by atoms with Crippen molar-refractivity contribution < 1.29 is 28.7 Å². The van der Waals surface area contributed by atoms with Crippen molar-refractivity contribution in [3.8, 4) is 11.5 Å². The number of hydrogen-bond acceptors (Lipinski definition) is 6. The number of benzene rings is 2. The van der Waals surface area contributed by atoms with Crippen molar-refractivity contribution in [2.24, 2.45) is 10.8 Å². The molecule has 0 amide bonds. The highest BCUT2D eigenvalue weighted by Crippen LogP contribution is 2.48. The largest absolute Gasteiger partial charge is 0.426 e. The van der Waals surface area contributed by atoms with E-state index in [2.05, 4.69) is 41.5 Å². The molecular weight excluding hydrogens is 588 g/mol. The second kappa shape index (κ2) is 12.7. The molecule has 0 N–H and O–H groups in total. The van der Waals surface area contributed by atoms with Gasteiger partial charge in [0.25, 0.3) is 0 Å². The molecule has 47 heavy (non-hydrogen) atoms. The maximum Gasteiger partial charge on any atom is 0.311 e. The van der Waals surface area contributed by atoms with Crippen molar-refractivity contribution in [3.05, 3.63) is 66.8 Å². The smallest absolute Gasteiger partial charge is 0.311 e. The number of carbonyl (C=O) groups excluding carboxylic acids is 4. The summed E-state index contributed by atoms with van der Waals surface area (Å²) in [6.07, 6.45) is 0.929. The lowest BCUT2D eigenvalue weighted by Crippen LogP contribution is -2.24. The Morgan fingerprint density at radius 2 is 0.851 bits per heavy atom. The van der Waals surface area contributed by atoms with Gasteiger partial charge in [-0.2, -0.15) is 0 Å². The summed E-state index contributed by atoms with van der Waals surface area (Å²) in [5, 5.41) is 0. The number of ketones is 2. The number of allylic oxidation sites excluding steroid dienone is 4. The Labute approximate surface area is 281 Å². The number of Topliss-reactive ketones (excluding diaryl/α,β-unsaturated/α-hetero) is 2. The molecule has 6 heteroatoms. The first-order valence-corrected chi connectivity index (χ1v) is 16.8. The van der Waals surface area contributed by atoms with Crippen LogP contribution in [0.1, 0.15) is 130 Å².